The van der Waals surface area contributed by atoms with E-state index in [4.69, 9.17) is 11.6 Å². The molecular weight excluding hydrogens is 179 g/mol. The van der Waals surface area contributed by atoms with E-state index in [2.05, 4.69) is 0 Å². The Balaban J connectivity index is 2.96. The van der Waals surface area contributed by atoms with Gasteiger partial charge in [0.2, 0.25) is 0 Å². The van der Waals surface area contributed by atoms with Gasteiger partial charge in [0.1, 0.15) is 5.82 Å². The average molecular weight is 189 g/mol. The molecule has 0 saturated carbocycles. The molecule has 1 nitrogen and oxygen atoms in total. The first-order valence-electron chi connectivity index (χ1n) is 3.65. The van der Waals surface area contributed by atoms with E-state index >= 15 is 0 Å². The summed E-state index contributed by atoms with van der Waals surface area (Å²) in [5.74, 6) is -0.223. The fraction of sp³-hybridized carbons (Fsp3) is 0.333. The lowest BCUT2D eigenvalue weighted by atomic mass is 10.1. The van der Waals surface area contributed by atoms with Crippen LogP contribution in [0.5, 0.6) is 0 Å². The number of hydrogen-bond acceptors (Lipinski definition) is 1. The Labute approximate surface area is 75.8 Å². The van der Waals surface area contributed by atoms with Gasteiger partial charge in [-0.1, -0.05) is 12.1 Å². The second-order valence-electron chi connectivity index (χ2n) is 2.68. The Morgan fingerprint density at radius 3 is 2.75 bits per heavy atom. The Bertz CT molecular complexity index is 275. The summed E-state index contributed by atoms with van der Waals surface area (Å²) in [5.41, 5.74) is 1.09. The van der Waals surface area contributed by atoms with Gasteiger partial charge >= 0.3 is 0 Å². The second-order valence-corrected chi connectivity index (χ2v) is 2.99. The molecule has 0 bridgehead atoms. The number of rotatable bonds is 2. The van der Waals surface area contributed by atoms with Crippen molar-refractivity contribution in [1.29, 1.82) is 0 Å². The summed E-state index contributed by atoms with van der Waals surface area (Å²) in [4.78, 5) is 0. The Hall–Kier alpha value is -0.600. The highest BCUT2D eigenvalue weighted by Crippen LogP contribution is 2.17. The van der Waals surface area contributed by atoms with Crippen LogP contribution in [0, 0.1) is 12.7 Å². The maximum absolute atomic E-state index is 12.9. The molecule has 1 N–H and O–H groups in total. The van der Waals surface area contributed by atoms with Crippen molar-refractivity contribution in [2.45, 2.75) is 13.0 Å². The minimum Gasteiger partial charge on any atom is -0.387 e. The third kappa shape index (κ3) is 1.96. The lowest BCUT2D eigenvalue weighted by molar-refractivity contribution is 0.202. The standard InChI is InChI=1S/C9H10ClFO/c1-6-2-3-7(4-8(6)11)9(12)5-10/h2-4,9,12H,5H2,1H3/t9-/m0/s1. The van der Waals surface area contributed by atoms with Crippen LogP contribution >= 0.6 is 11.6 Å². The van der Waals surface area contributed by atoms with Crippen LogP contribution in [0.25, 0.3) is 0 Å². The third-order valence-corrected chi connectivity index (χ3v) is 2.02. The highest BCUT2D eigenvalue weighted by atomic mass is 35.5. The molecule has 0 amide bonds. The molecule has 0 fully saturated rings. The van der Waals surface area contributed by atoms with Crippen molar-refractivity contribution >= 4 is 11.6 Å². The van der Waals surface area contributed by atoms with Crippen molar-refractivity contribution in [3.05, 3.63) is 35.1 Å². The van der Waals surface area contributed by atoms with Crippen LogP contribution in [-0.2, 0) is 0 Å². The molecule has 0 radical (unpaired) electrons. The molecule has 1 aromatic rings. The number of hydrogen-bond donors (Lipinski definition) is 1. The predicted molar refractivity (Wildman–Crippen MR) is 46.8 cm³/mol. The van der Waals surface area contributed by atoms with E-state index < -0.39 is 6.10 Å². The monoisotopic (exact) mass is 188 g/mol. The molecule has 0 unspecified atom stereocenters. The predicted octanol–water partition coefficient (Wildman–Crippen LogP) is 2.41. The van der Waals surface area contributed by atoms with Gasteiger partial charge in [-0.15, -0.1) is 11.6 Å². The fourth-order valence-corrected chi connectivity index (χ4v) is 1.08. The van der Waals surface area contributed by atoms with Crippen molar-refractivity contribution in [3.8, 4) is 0 Å². The maximum Gasteiger partial charge on any atom is 0.126 e. The third-order valence-electron chi connectivity index (χ3n) is 1.73. The van der Waals surface area contributed by atoms with Gasteiger partial charge in [0, 0.05) is 0 Å². The van der Waals surface area contributed by atoms with Crippen LogP contribution in [-0.4, -0.2) is 11.0 Å². The molecule has 1 atom stereocenters. The van der Waals surface area contributed by atoms with E-state index in [1.54, 1.807) is 19.1 Å². The molecule has 1 aromatic carbocycles. The van der Waals surface area contributed by atoms with E-state index in [9.17, 15) is 9.50 Å². The van der Waals surface area contributed by atoms with Crippen LogP contribution in [0.2, 0.25) is 0 Å². The van der Waals surface area contributed by atoms with Crippen molar-refractivity contribution in [2.75, 3.05) is 5.88 Å². The van der Waals surface area contributed by atoms with Crippen molar-refractivity contribution in [1.82, 2.24) is 0 Å². The molecule has 0 spiro atoms. The zero-order valence-corrected chi connectivity index (χ0v) is 7.48. The van der Waals surface area contributed by atoms with Crippen LogP contribution in [0.15, 0.2) is 18.2 Å². The van der Waals surface area contributed by atoms with Gasteiger partial charge in [-0.05, 0) is 24.1 Å². The first-order valence-corrected chi connectivity index (χ1v) is 4.18. The molecule has 0 saturated heterocycles. The van der Waals surface area contributed by atoms with Gasteiger partial charge in [0.05, 0.1) is 12.0 Å². The van der Waals surface area contributed by atoms with Gasteiger partial charge in [-0.3, -0.25) is 0 Å². The Morgan fingerprint density at radius 1 is 1.58 bits per heavy atom. The van der Waals surface area contributed by atoms with Gasteiger partial charge in [0.25, 0.3) is 0 Å². The van der Waals surface area contributed by atoms with E-state index in [1.165, 1.54) is 6.07 Å². The Morgan fingerprint density at radius 2 is 2.25 bits per heavy atom. The van der Waals surface area contributed by atoms with Crippen LogP contribution in [0.1, 0.15) is 17.2 Å². The van der Waals surface area contributed by atoms with Crippen molar-refractivity contribution in [2.24, 2.45) is 0 Å². The number of alkyl halides is 1. The van der Waals surface area contributed by atoms with Crippen LogP contribution in [0.3, 0.4) is 0 Å². The first-order chi connectivity index (χ1) is 5.65. The number of aliphatic hydroxyl groups excluding tert-OH is 1. The summed E-state index contributed by atoms with van der Waals surface area (Å²) in [6, 6.07) is 4.61. The Kier molecular flexibility index (Phi) is 3.06. The van der Waals surface area contributed by atoms with Crippen LogP contribution < -0.4 is 0 Å². The minimum absolute atomic E-state index is 0.0858. The largest absolute Gasteiger partial charge is 0.387 e. The summed E-state index contributed by atoms with van der Waals surface area (Å²) in [6.07, 6.45) is -0.776. The molecule has 66 valence electrons. The van der Waals surface area contributed by atoms with Gasteiger partial charge in [-0.2, -0.15) is 0 Å². The second kappa shape index (κ2) is 3.87. The number of halogens is 2. The molecule has 1 rings (SSSR count). The number of aryl methyl sites for hydroxylation is 1. The molecule has 0 aliphatic carbocycles. The fourth-order valence-electron chi connectivity index (χ4n) is 0.905. The van der Waals surface area contributed by atoms with E-state index in [1.807, 2.05) is 0 Å². The number of aliphatic hydroxyl groups is 1. The van der Waals surface area contributed by atoms with E-state index in [-0.39, 0.29) is 11.7 Å². The molecular formula is C9H10ClFO. The first kappa shape index (κ1) is 9.49. The normalized spacial score (nSPS) is 13.0. The smallest absolute Gasteiger partial charge is 0.126 e. The molecule has 12 heavy (non-hydrogen) atoms. The molecule has 0 heterocycles. The highest BCUT2D eigenvalue weighted by Gasteiger charge is 2.07. The quantitative estimate of drug-likeness (QED) is 0.707. The summed E-state index contributed by atoms with van der Waals surface area (Å²) in [6.45, 7) is 1.67. The highest BCUT2D eigenvalue weighted by molar-refractivity contribution is 6.18. The van der Waals surface area contributed by atoms with Gasteiger partial charge in [-0.25, -0.2) is 4.39 Å². The number of benzene rings is 1. The summed E-state index contributed by atoms with van der Waals surface area (Å²) in [7, 11) is 0. The SMILES string of the molecule is Cc1ccc([C@@H](O)CCl)cc1F. The molecule has 0 aromatic heterocycles. The zero-order chi connectivity index (χ0) is 9.14. The summed E-state index contributed by atoms with van der Waals surface area (Å²) < 4.78 is 12.9. The average Bonchev–Trinajstić information content (AvgIpc) is 2.08. The molecule has 0 aliphatic rings. The summed E-state index contributed by atoms with van der Waals surface area (Å²) in [5, 5.41) is 9.25. The summed E-state index contributed by atoms with van der Waals surface area (Å²) >= 11 is 5.41. The zero-order valence-electron chi connectivity index (χ0n) is 6.72. The lowest BCUT2D eigenvalue weighted by Crippen LogP contribution is -1.99. The molecule has 0 aliphatic heterocycles. The maximum atomic E-state index is 12.9. The molecule has 3 heteroatoms. The van der Waals surface area contributed by atoms with Crippen LogP contribution in [0.4, 0.5) is 4.39 Å². The van der Waals surface area contributed by atoms with Crippen molar-refractivity contribution in [3.63, 3.8) is 0 Å². The van der Waals surface area contributed by atoms with Crippen molar-refractivity contribution < 1.29 is 9.50 Å². The van der Waals surface area contributed by atoms with Gasteiger partial charge in [0.15, 0.2) is 0 Å². The minimum atomic E-state index is -0.776. The van der Waals surface area contributed by atoms with E-state index in [0.29, 0.717) is 11.1 Å². The lowest BCUT2D eigenvalue weighted by Gasteiger charge is -2.07. The van der Waals surface area contributed by atoms with Gasteiger partial charge < -0.3 is 5.11 Å². The topological polar surface area (TPSA) is 20.2 Å². The van der Waals surface area contributed by atoms with E-state index in [0.717, 1.165) is 0 Å².